The van der Waals surface area contributed by atoms with Crippen LogP contribution in [0.3, 0.4) is 0 Å². The largest absolute Gasteiger partial charge is 0.508 e. The molecule has 0 atom stereocenters. The molecule has 1 aromatic carbocycles. The van der Waals surface area contributed by atoms with Crippen LogP contribution < -0.4 is 9.47 Å². The Labute approximate surface area is 102 Å². The fourth-order valence-corrected chi connectivity index (χ4v) is 1.20. The quantitative estimate of drug-likeness (QED) is 0.473. The second kappa shape index (κ2) is 5.71. The maximum atomic E-state index is 10.9. The van der Waals surface area contributed by atoms with Crippen molar-refractivity contribution in [1.29, 1.82) is 0 Å². The molecule has 1 aromatic rings. The van der Waals surface area contributed by atoms with Gasteiger partial charge in [-0.1, -0.05) is 0 Å². The SMILES string of the molecule is COC(=O)COc1c(OC)cc(O)cc1[N+](=O)[O-]. The predicted octanol–water partition coefficient (Wildman–Crippen LogP) is 0.861. The highest BCUT2D eigenvalue weighted by atomic mass is 16.6. The summed E-state index contributed by atoms with van der Waals surface area (Å²) in [5, 5.41) is 20.1. The van der Waals surface area contributed by atoms with E-state index >= 15 is 0 Å². The van der Waals surface area contributed by atoms with Gasteiger partial charge in [0.1, 0.15) is 5.75 Å². The van der Waals surface area contributed by atoms with Crippen molar-refractivity contribution in [2.24, 2.45) is 0 Å². The molecule has 0 saturated carbocycles. The van der Waals surface area contributed by atoms with E-state index in [0.29, 0.717) is 0 Å². The van der Waals surface area contributed by atoms with Gasteiger partial charge in [0.2, 0.25) is 5.75 Å². The van der Waals surface area contributed by atoms with Gasteiger partial charge in [0.25, 0.3) is 0 Å². The third-order valence-corrected chi connectivity index (χ3v) is 2.00. The minimum absolute atomic E-state index is 0.0504. The lowest BCUT2D eigenvalue weighted by Gasteiger charge is -2.10. The Morgan fingerprint density at radius 1 is 1.44 bits per heavy atom. The van der Waals surface area contributed by atoms with Crippen molar-refractivity contribution < 1.29 is 29.0 Å². The van der Waals surface area contributed by atoms with Crippen LogP contribution in [0.1, 0.15) is 0 Å². The number of rotatable bonds is 5. The minimum Gasteiger partial charge on any atom is -0.508 e. The molecule has 1 rings (SSSR count). The van der Waals surface area contributed by atoms with Crippen LogP contribution in [-0.2, 0) is 9.53 Å². The van der Waals surface area contributed by atoms with Crippen LogP contribution in [0.4, 0.5) is 5.69 Å². The van der Waals surface area contributed by atoms with E-state index in [-0.39, 0.29) is 17.2 Å². The summed E-state index contributed by atoms with van der Waals surface area (Å²) >= 11 is 0. The summed E-state index contributed by atoms with van der Waals surface area (Å²) in [4.78, 5) is 21.0. The van der Waals surface area contributed by atoms with E-state index in [4.69, 9.17) is 9.47 Å². The van der Waals surface area contributed by atoms with Crippen molar-refractivity contribution in [3.63, 3.8) is 0 Å². The number of methoxy groups -OCH3 is 2. The smallest absolute Gasteiger partial charge is 0.343 e. The molecule has 0 aromatic heterocycles. The number of esters is 1. The summed E-state index contributed by atoms with van der Waals surface area (Å²) in [6, 6.07) is 2.04. The number of carbonyl (C=O) groups is 1. The van der Waals surface area contributed by atoms with E-state index in [1.54, 1.807) is 0 Å². The molecule has 0 radical (unpaired) electrons. The summed E-state index contributed by atoms with van der Waals surface area (Å²) in [5.41, 5.74) is -0.504. The van der Waals surface area contributed by atoms with Crippen LogP contribution in [0, 0.1) is 10.1 Å². The number of aromatic hydroxyl groups is 1. The molecule has 0 aliphatic heterocycles. The zero-order valence-corrected chi connectivity index (χ0v) is 9.71. The van der Waals surface area contributed by atoms with E-state index in [1.807, 2.05) is 0 Å². The normalized spacial score (nSPS) is 9.67. The first-order valence-electron chi connectivity index (χ1n) is 4.74. The lowest BCUT2D eigenvalue weighted by molar-refractivity contribution is -0.386. The van der Waals surface area contributed by atoms with Gasteiger partial charge >= 0.3 is 11.7 Å². The highest BCUT2D eigenvalue weighted by molar-refractivity contribution is 5.71. The number of nitro benzene ring substituents is 1. The third kappa shape index (κ3) is 3.00. The lowest BCUT2D eigenvalue weighted by Crippen LogP contribution is -2.13. The van der Waals surface area contributed by atoms with Gasteiger partial charge in [-0.2, -0.15) is 0 Å². The first kappa shape index (κ1) is 13.6. The van der Waals surface area contributed by atoms with Crippen LogP contribution in [0.15, 0.2) is 12.1 Å². The van der Waals surface area contributed by atoms with Gasteiger partial charge in [0, 0.05) is 6.07 Å². The number of hydrogen-bond acceptors (Lipinski definition) is 7. The molecule has 98 valence electrons. The van der Waals surface area contributed by atoms with Crippen LogP contribution in [0.5, 0.6) is 17.2 Å². The lowest BCUT2D eigenvalue weighted by atomic mass is 10.2. The van der Waals surface area contributed by atoms with Gasteiger partial charge in [-0.25, -0.2) is 4.79 Å². The number of phenolic OH excluding ortho intramolecular Hbond substituents is 1. The van der Waals surface area contributed by atoms with Crippen molar-refractivity contribution in [2.75, 3.05) is 20.8 Å². The van der Waals surface area contributed by atoms with E-state index in [2.05, 4.69) is 4.74 Å². The molecule has 0 fully saturated rings. The Bertz CT molecular complexity index is 472. The number of phenols is 1. The van der Waals surface area contributed by atoms with Gasteiger partial charge < -0.3 is 19.3 Å². The van der Waals surface area contributed by atoms with Crippen molar-refractivity contribution in [1.82, 2.24) is 0 Å². The first-order valence-corrected chi connectivity index (χ1v) is 4.74. The van der Waals surface area contributed by atoms with Crippen molar-refractivity contribution in [3.05, 3.63) is 22.2 Å². The van der Waals surface area contributed by atoms with Crippen LogP contribution >= 0.6 is 0 Å². The summed E-state index contributed by atoms with van der Waals surface area (Å²) in [6.45, 7) is -0.502. The number of nitrogens with zero attached hydrogens (tertiary/aromatic N) is 1. The Morgan fingerprint density at radius 2 is 2.11 bits per heavy atom. The fraction of sp³-hybridized carbons (Fsp3) is 0.300. The molecule has 0 bridgehead atoms. The molecule has 1 N–H and O–H groups in total. The zero-order chi connectivity index (χ0) is 13.7. The fourth-order valence-electron chi connectivity index (χ4n) is 1.20. The molecule has 0 spiro atoms. The number of nitro groups is 1. The first-order chi connectivity index (χ1) is 8.49. The Morgan fingerprint density at radius 3 is 2.61 bits per heavy atom. The molecule has 8 heteroatoms. The Hall–Kier alpha value is -2.51. The van der Waals surface area contributed by atoms with E-state index in [0.717, 1.165) is 19.2 Å². The van der Waals surface area contributed by atoms with Gasteiger partial charge in [0.15, 0.2) is 12.4 Å². The average Bonchev–Trinajstić information content (AvgIpc) is 2.35. The topological polar surface area (TPSA) is 108 Å². The molecule has 0 aliphatic carbocycles. The monoisotopic (exact) mass is 257 g/mol. The third-order valence-electron chi connectivity index (χ3n) is 2.00. The molecular formula is C10H11NO7. The maximum Gasteiger partial charge on any atom is 0.343 e. The maximum absolute atomic E-state index is 10.9. The molecule has 0 amide bonds. The molecule has 8 nitrogen and oxygen atoms in total. The molecule has 18 heavy (non-hydrogen) atoms. The molecule has 0 unspecified atom stereocenters. The highest BCUT2D eigenvalue weighted by Crippen LogP contribution is 2.40. The van der Waals surface area contributed by atoms with Gasteiger partial charge in [0.05, 0.1) is 25.2 Å². The second-order valence-electron chi connectivity index (χ2n) is 3.12. The number of ether oxygens (including phenoxy) is 3. The molecule has 0 saturated heterocycles. The minimum atomic E-state index is -0.755. The van der Waals surface area contributed by atoms with Gasteiger partial charge in [-0.05, 0) is 0 Å². The number of benzene rings is 1. The van der Waals surface area contributed by atoms with E-state index in [9.17, 15) is 20.0 Å². The second-order valence-corrected chi connectivity index (χ2v) is 3.12. The predicted molar refractivity (Wildman–Crippen MR) is 58.8 cm³/mol. The van der Waals surface area contributed by atoms with Crippen LogP contribution in [0.25, 0.3) is 0 Å². The molecule has 0 heterocycles. The van der Waals surface area contributed by atoms with Crippen LogP contribution in [-0.4, -0.2) is 36.8 Å². The molecule has 0 aliphatic rings. The van der Waals surface area contributed by atoms with Crippen LogP contribution in [0.2, 0.25) is 0 Å². The van der Waals surface area contributed by atoms with Gasteiger partial charge in [-0.15, -0.1) is 0 Å². The van der Waals surface area contributed by atoms with E-state index in [1.165, 1.54) is 7.11 Å². The standard InChI is InChI=1S/C10H11NO7/c1-16-8-4-6(12)3-7(11(14)15)10(8)18-5-9(13)17-2/h3-4,12H,5H2,1-2H3. The number of hydrogen-bond donors (Lipinski definition) is 1. The highest BCUT2D eigenvalue weighted by Gasteiger charge is 2.23. The Balaban J connectivity index is 3.13. The summed E-state index contributed by atoms with van der Waals surface area (Å²) in [6.07, 6.45) is 0. The van der Waals surface area contributed by atoms with Crippen molar-refractivity contribution >= 4 is 11.7 Å². The van der Waals surface area contributed by atoms with Crippen molar-refractivity contribution in [3.8, 4) is 17.2 Å². The van der Waals surface area contributed by atoms with E-state index < -0.39 is 23.2 Å². The average molecular weight is 257 g/mol. The molecular weight excluding hydrogens is 246 g/mol. The Kier molecular flexibility index (Phi) is 4.30. The van der Waals surface area contributed by atoms with Gasteiger partial charge in [-0.3, -0.25) is 10.1 Å². The summed E-state index contributed by atoms with van der Waals surface area (Å²) in [5.74, 6) is -1.33. The number of carbonyl (C=O) groups excluding carboxylic acids is 1. The zero-order valence-electron chi connectivity index (χ0n) is 9.71. The summed E-state index contributed by atoms with van der Waals surface area (Å²) in [7, 11) is 2.41. The van der Waals surface area contributed by atoms with Crippen molar-refractivity contribution in [2.45, 2.75) is 0 Å². The summed E-state index contributed by atoms with van der Waals surface area (Å²) < 4.78 is 14.2.